The van der Waals surface area contributed by atoms with Gasteiger partial charge in [0.25, 0.3) is 0 Å². The van der Waals surface area contributed by atoms with E-state index in [-0.39, 0.29) is 6.61 Å². The minimum atomic E-state index is 0.111. The molecular weight excluding hydrogens is 204 g/mol. The van der Waals surface area contributed by atoms with Crippen molar-refractivity contribution in [2.75, 3.05) is 25.6 Å². The molecule has 1 aromatic heterocycles. The number of hydrogen-bond donors (Lipinski definition) is 2. The molecule has 0 spiro atoms. The smallest absolute Gasteiger partial charge is 0.121 e. The molecular formula is C12H14N2O2. The molecule has 1 heterocycles. The van der Waals surface area contributed by atoms with E-state index in [1.54, 1.807) is 13.3 Å². The van der Waals surface area contributed by atoms with Crippen LogP contribution in [0.3, 0.4) is 0 Å². The predicted molar refractivity (Wildman–Crippen MR) is 63.9 cm³/mol. The molecule has 0 atom stereocenters. The van der Waals surface area contributed by atoms with Gasteiger partial charge in [-0.1, -0.05) is 0 Å². The van der Waals surface area contributed by atoms with Crippen LogP contribution in [0.4, 0.5) is 5.69 Å². The summed E-state index contributed by atoms with van der Waals surface area (Å²) in [5, 5.41) is 13.0. The topological polar surface area (TPSA) is 54.4 Å². The number of methoxy groups -OCH3 is 1. The summed E-state index contributed by atoms with van der Waals surface area (Å²) in [5.41, 5.74) is 1.85. The fourth-order valence-corrected chi connectivity index (χ4v) is 1.60. The van der Waals surface area contributed by atoms with Crippen molar-refractivity contribution < 1.29 is 9.84 Å². The molecule has 0 radical (unpaired) electrons. The van der Waals surface area contributed by atoms with Crippen LogP contribution in [0.25, 0.3) is 10.9 Å². The second kappa shape index (κ2) is 4.81. The molecule has 0 aliphatic carbocycles. The third-order valence-electron chi connectivity index (χ3n) is 2.38. The number of nitrogens with one attached hydrogen (secondary N) is 1. The van der Waals surface area contributed by atoms with Gasteiger partial charge in [0.05, 0.1) is 19.2 Å². The lowest BCUT2D eigenvalue weighted by molar-refractivity contribution is 0.311. The molecule has 0 aliphatic rings. The molecule has 0 saturated heterocycles. The lowest BCUT2D eigenvalue weighted by Gasteiger charge is -2.08. The van der Waals surface area contributed by atoms with Crippen LogP contribution in [0, 0.1) is 0 Å². The van der Waals surface area contributed by atoms with Gasteiger partial charge in [0.15, 0.2) is 0 Å². The zero-order valence-corrected chi connectivity index (χ0v) is 9.10. The molecule has 0 aliphatic heterocycles. The Bertz CT molecular complexity index is 485. The number of anilines is 1. The number of pyridine rings is 1. The number of ether oxygens (including phenoxy) is 1. The van der Waals surface area contributed by atoms with Gasteiger partial charge in [0, 0.05) is 29.9 Å². The first-order valence-corrected chi connectivity index (χ1v) is 5.12. The van der Waals surface area contributed by atoms with Crippen LogP contribution < -0.4 is 10.1 Å². The summed E-state index contributed by atoms with van der Waals surface area (Å²) in [4.78, 5) is 4.28. The van der Waals surface area contributed by atoms with Crippen LogP contribution in [0.15, 0.2) is 30.5 Å². The standard InChI is InChI=1S/C12H14N2O2/c1-16-9-2-3-10-11(14-6-7-15)4-5-13-12(10)8-9/h2-5,8,15H,6-7H2,1H3,(H,13,14). The largest absolute Gasteiger partial charge is 0.497 e. The van der Waals surface area contributed by atoms with E-state index in [1.165, 1.54) is 0 Å². The first kappa shape index (κ1) is 10.7. The molecule has 4 heteroatoms. The molecule has 0 saturated carbocycles. The molecule has 4 nitrogen and oxygen atoms in total. The summed E-state index contributed by atoms with van der Waals surface area (Å²) in [7, 11) is 1.63. The summed E-state index contributed by atoms with van der Waals surface area (Å²) in [6, 6.07) is 7.64. The van der Waals surface area contributed by atoms with Gasteiger partial charge in [-0.15, -0.1) is 0 Å². The fourth-order valence-electron chi connectivity index (χ4n) is 1.60. The highest BCUT2D eigenvalue weighted by molar-refractivity contribution is 5.91. The van der Waals surface area contributed by atoms with E-state index in [9.17, 15) is 0 Å². The Labute approximate surface area is 93.9 Å². The highest BCUT2D eigenvalue weighted by Crippen LogP contribution is 2.24. The average Bonchev–Trinajstić information content (AvgIpc) is 2.35. The third kappa shape index (κ3) is 2.06. The van der Waals surface area contributed by atoms with Gasteiger partial charge in [0.1, 0.15) is 5.75 Å². The zero-order chi connectivity index (χ0) is 11.4. The van der Waals surface area contributed by atoms with Crippen LogP contribution in [-0.4, -0.2) is 30.4 Å². The molecule has 2 rings (SSSR count). The SMILES string of the molecule is COc1ccc2c(NCCO)ccnc2c1. The molecule has 1 aromatic carbocycles. The van der Waals surface area contributed by atoms with Crippen LogP contribution in [0.2, 0.25) is 0 Å². The van der Waals surface area contributed by atoms with Gasteiger partial charge in [0.2, 0.25) is 0 Å². The third-order valence-corrected chi connectivity index (χ3v) is 2.38. The summed E-state index contributed by atoms with van der Waals surface area (Å²) in [5.74, 6) is 0.791. The van der Waals surface area contributed by atoms with Crippen molar-refractivity contribution in [3.8, 4) is 5.75 Å². The Morgan fingerprint density at radius 3 is 3.00 bits per heavy atom. The Kier molecular flexibility index (Phi) is 3.22. The normalized spacial score (nSPS) is 10.4. The Morgan fingerprint density at radius 1 is 1.38 bits per heavy atom. The number of rotatable bonds is 4. The minimum Gasteiger partial charge on any atom is -0.497 e. The van der Waals surface area contributed by atoms with Crippen molar-refractivity contribution in [3.05, 3.63) is 30.5 Å². The molecule has 2 aromatic rings. The minimum absolute atomic E-state index is 0.111. The van der Waals surface area contributed by atoms with Gasteiger partial charge < -0.3 is 15.2 Å². The van der Waals surface area contributed by atoms with Crippen molar-refractivity contribution in [2.45, 2.75) is 0 Å². The van der Waals surface area contributed by atoms with Gasteiger partial charge in [-0.2, -0.15) is 0 Å². The number of fused-ring (bicyclic) bond motifs is 1. The second-order valence-electron chi connectivity index (χ2n) is 3.39. The Hall–Kier alpha value is -1.81. The number of nitrogens with zero attached hydrogens (tertiary/aromatic N) is 1. The second-order valence-corrected chi connectivity index (χ2v) is 3.39. The maximum Gasteiger partial charge on any atom is 0.121 e. The molecule has 0 fully saturated rings. The highest BCUT2D eigenvalue weighted by atomic mass is 16.5. The molecule has 0 unspecified atom stereocenters. The Morgan fingerprint density at radius 2 is 2.25 bits per heavy atom. The van der Waals surface area contributed by atoms with Crippen molar-refractivity contribution in [2.24, 2.45) is 0 Å². The maximum atomic E-state index is 8.78. The molecule has 0 amide bonds. The number of aliphatic hydroxyl groups is 1. The van der Waals surface area contributed by atoms with Crippen LogP contribution >= 0.6 is 0 Å². The summed E-state index contributed by atoms with van der Waals surface area (Å²) >= 11 is 0. The van der Waals surface area contributed by atoms with E-state index in [0.29, 0.717) is 6.54 Å². The van der Waals surface area contributed by atoms with E-state index >= 15 is 0 Å². The monoisotopic (exact) mass is 218 g/mol. The van der Waals surface area contributed by atoms with Gasteiger partial charge in [-0.05, 0) is 18.2 Å². The van der Waals surface area contributed by atoms with E-state index in [0.717, 1.165) is 22.3 Å². The number of hydrogen-bond acceptors (Lipinski definition) is 4. The summed E-state index contributed by atoms with van der Waals surface area (Å²) in [6.45, 7) is 0.644. The van der Waals surface area contributed by atoms with E-state index in [1.807, 2.05) is 24.3 Å². The van der Waals surface area contributed by atoms with Crippen LogP contribution in [0.1, 0.15) is 0 Å². The number of benzene rings is 1. The molecule has 84 valence electrons. The Balaban J connectivity index is 2.43. The average molecular weight is 218 g/mol. The van der Waals surface area contributed by atoms with E-state index < -0.39 is 0 Å². The van der Waals surface area contributed by atoms with Crippen LogP contribution in [0.5, 0.6) is 5.75 Å². The maximum absolute atomic E-state index is 8.78. The van der Waals surface area contributed by atoms with Gasteiger partial charge in [-0.3, -0.25) is 4.98 Å². The first-order chi connectivity index (χ1) is 7.85. The predicted octanol–water partition coefficient (Wildman–Crippen LogP) is 1.65. The lowest BCUT2D eigenvalue weighted by atomic mass is 10.2. The van der Waals surface area contributed by atoms with E-state index in [4.69, 9.17) is 9.84 Å². The van der Waals surface area contributed by atoms with Gasteiger partial charge in [-0.25, -0.2) is 0 Å². The van der Waals surface area contributed by atoms with Crippen molar-refractivity contribution in [1.29, 1.82) is 0 Å². The van der Waals surface area contributed by atoms with Crippen molar-refractivity contribution in [3.63, 3.8) is 0 Å². The number of aliphatic hydroxyl groups excluding tert-OH is 1. The molecule has 16 heavy (non-hydrogen) atoms. The summed E-state index contributed by atoms with van der Waals surface area (Å²) < 4.78 is 5.14. The van der Waals surface area contributed by atoms with Crippen molar-refractivity contribution in [1.82, 2.24) is 4.98 Å². The highest BCUT2D eigenvalue weighted by Gasteiger charge is 2.02. The molecule has 2 N–H and O–H groups in total. The number of aromatic nitrogens is 1. The van der Waals surface area contributed by atoms with E-state index in [2.05, 4.69) is 10.3 Å². The van der Waals surface area contributed by atoms with Gasteiger partial charge >= 0.3 is 0 Å². The zero-order valence-electron chi connectivity index (χ0n) is 9.10. The van der Waals surface area contributed by atoms with Crippen molar-refractivity contribution >= 4 is 16.6 Å². The molecule has 0 bridgehead atoms. The first-order valence-electron chi connectivity index (χ1n) is 5.12. The summed E-state index contributed by atoms with van der Waals surface area (Å²) in [6.07, 6.45) is 1.74. The van der Waals surface area contributed by atoms with Crippen LogP contribution in [-0.2, 0) is 0 Å². The quantitative estimate of drug-likeness (QED) is 0.819. The lowest BCUT2D eigenvalue weighted by Crippen LogP contribution is -2.05. The fraction of sp³-hybridized carbons (Fsp3) is 0.250.